The molecule has 1 aromatic heterocycles. The topological polar surface area (TPSA) is 54.9 Å². The van der Waals surface area contributed by atoms with Crippen LogP contribution in [0.5, 0.6) is 11.5 Å². The Morgan fingerprint density at radius 1 is 1.07 bits per heavy atom. The number of methoxy groups -OCH3 is 1. The number of amides is 1. The Kier molecular flexibility index (Phi) is 7.43. The van der Waals surface area contributed by atoms with Gasteiger partial charge in [0.15, 0.2) is 5.13 Å². The lowest BCUT2D eigenvalue weighted by Crippen LogP contribution is -2.34. The van der Waals surface area contributed by atoms with E-state index < -0.39 is 0 Å². The molecule has 0 saturated carbocycles. The summed E-state index contributed by atoms with van der Waals surface area (Å²) < 4.78 is 12.0. The number of hydrogen-bond donors (Lipinski definition) is 0. The summed E-state index contributed by atoms with van der Waals surface area (Å²) in [7, 11) is 5.70. The van der Waals surface area contributed by atoms with Crippen molar-refractivity contribution in [2.75, 3.05) is 45.8 Å². The molecule has 0 bridgehead atoms. The van der Waals surface area contributed by atoms with Gasteiger partial charge in [0.25, 0.3) is 0 Å². The van der Waals surface area contributed by atoms with Crippen molar-refractivity contribution in [3.8, 4) is 11.5 Å². The lowest BCUT2D eigenvalue weighted by Gasteiger charge is -2.21. The van der Waals surface area contributed by atoms with E-state index >= 15 is 0 Å². The van der Waals surface area contributed by atoms with E-state index in [0.29, 0.717) is 19.6 Å². The molecule has 0 unspecified atom stereocenters. The van der Waals surface area contributed by atoms with E-state index in [4.69, 9.17) is 14.5 Å². The molecule has 3 aromatic rings. The summed E-state index contributed by atoms with van der Waals surface area (Å²) in [6.45, 7) is 1.87. The van der Waals surface area contributed by atoms with E-state index in [-0.39, 0.29) is 5.91 Å². The Labute approximate surface area is 175 Å². The second kappa shape index (κ2) is 10.2. The molecule has 0 fully saturated rings. The third-order valence-corrected chi connectivity index (χ3v) is 5.49. The van der Waals surface area contributed by atoms with E-state index in [2.05, 4.69) is 4.90 Å². The molecule has 6 nitrogen and oxygen atoms in total. The van der Waals surface area contributed by atoms with Crippen molar-refractivity contribution in [1.29, 1.82) is 0 Å². The normalized spacial score (nSPS) is 11.0. The number of thiazole rings is 1. The first-order valence-electron chi connectivity index (χ1n) is 9.64. The van der Waals surface area contributed by atoms with Gasteiger partial charge in [-0.3, -0.25) is 9.69 Å². The maximum atomic E-state index is 13.0. The van der Waals surface area contributed by atoms with Crippen LogP contribution in [0.25, 0.3) is 10.2 Å². The number of fused-ring (bicyclic) bond motifs is 1. The van der Waals surface area contributed by atoms with Gasteiger partial charge in [-0.15, -0.1) is 0 Å². The molecule has 0 aliphatic heterocycles. The van der Waals surface area contributed by atoms with Crippen LogP contribution in [0.2, 0.25) is 0 Å². The van der Waals surface area contributed by atoms with Crippen LogP contribution >= 0.6 is 11.3 Å². The van der Waals surface area contributed by atoms with Crippen molar-refractivity contribution < 1.29 is 14.3 Å². The Morgan fingerprint density at radius 3 is 2.59 bits per heavy atom. The van der Waals surface area contributed by atoms with Crippen LogP contribution in [0.4, 0.5) is 5.13 Å². The van der Waals surface area contributed by atoms with Crippen molar-refractivity contribution in [1.82, 2.24) is 9.88 Å². The quantitative estimate of drug-likeness (QED) is 0.502. The minimum atomic E-state index is 0.0192. The summed E-state index contributed by atoms with van der Waals surface area (Å²) >= 11 is 1.53. The summed E-state index contributed by atoms with van der Waals surface area (Å²) in [6, 6.07) is 15.3. The summed E-state index contributed by atoms with van der Waals surface area (Å²) in [5.74, 6) is 1.55. The number of aromatic nitrogens is 1. The fourth-order valence-electron chi connectivity index (χ4n) is 2.92. The van der Waals surface area contributed by atoms with E-state index in [0.717, 1.165) is 39.8 Å². The van der Waals surface area contributed by atoms with Crippen LogP contribution in [0.1, 0.15) is 12.8 Å². The number of hydrogen-bond acceptors (Lipinski definition) is 6. The minimum Gasteiger partial charge on any atom is -0.497 e. The van der Waals surface area contributed by atoms with Gasteiger partial charge in [0, 0.05) is 12.6 Å². The average molecular weight is 414 g/mol. The molecule has 0 saturated heterocycles. The molecule has 0 aliphatic rings. The molecule has 29 heavy (non-hydrogen) atoms. The highest BCUT2D eigenvalue weighted by atomic mass is 32.1. The first-order valence-corrected chi connectivity index (χ1v) is 10.5. The van der Waals surface area contributed by atoms with Crippen LogP contribution in [0.3, 0.4) is 0 Å². The van der Waals surface area contributed by atoms with Gasteiger partial charge in [0.05, 0.1) is 30.4 Å². The summed E-state index contributed by atoms with van der Waals surface area (Å²) in [6.07, 6.45) is 1.17. The maximum absolute atomic E-state index is 13.0. The smallest absolute Gasteiger partial charge is 0.232 e. The monoisotopic (exact) mass is 413 g/mol. The first kappa shape index (κ1) is 21.1. The highest BCUT2D eigenvalue weighted by Gasteiger charge is 2.20. The van der Waals surface area contributed by atoms with Crippen molar-refractivity contribution in [2.45, 2.75) is 12.8 Å². The van der Waals surface area contributed by atoms with Gasteiger partial charge in [-0.25, -0.2) is 4.98 Å². The molecular formula is C22H27N3O3S. The fourth-order valence-corrected chi connectivity index (χ4v) is 3.91. The van der Waals surface area contributed by atoms with Crippen LogP contribution in [-0.2, 0) is 4.79 Å². The average Bonchev–Trinajstić information content (AvgIpc) is 3.14. The largest absolute Gasteiger partial charge is 0.497 e. The Morgan fingerprint density at radius 2 is 1.86 bits per heavy atom. The molecule has 0 atom stereocenters. The predicted molar refractivity (Wildman–Crippen MR) is 118 cm³/mol. The molecule has 1 amide bonds. The summed E-state index contributed by atoms with van der Waals surface area (Å²) in [5, 5.41) is 0.719. The molecule has 0 N–H and O–H groups in total. The lowest BCUT2D eigenvalue weighted by molar-refractivity contribution is -0.119. The van der Waals surface area contributed by atoms with Crippen molar-refractivity contribution in [3.63, 3.8) is 0 Å². The fraction of sp³-hybridized carbons (Fsp3) is 0.364. The lowest BCUT2D eigenvalue weighted by atomic mass is 10.3. The van der Waals surface area contributed by atoms with Crippen molar-refractivity contribution >= 4 is 32.6 Å². The van der Waals surface area contributed by atoms with Gasteiger partial charge in [0.1, 0.15) is 11.5 Å². The highest BCUT2D eigenvalue weighted by Crippen LogP contribution is 2.31. The summed E-state index contributed by atoms with van der Waals surface area (Å²) in [4.78, 5) is 21.6. The Bertz CT molecular complexity index is 927. The van der Waals surface area contributed by atoms with Gasteiger partial charge in [-0.1, -0.05) is 29.5 Å². The highest BCUT2D eigenvalue weighted by molar-refractivity contribution is 7.22. The zero-order valence-corrected chi connectivity index (χ0v) is 17.9. The second-order valence-corrected chi connectivity index (χ2v) is 7.95. The molecule has 154 valence electrons. The van der Waals surface area contributed by atoms with Crippen LogP contribution in [0, 0.1) is 0 Å². The van der Waals surface area contributed by atoms with E-state index in [1.54, 1.807) is 12.0 Å². The molecule has 0 radical (unpaired) electrons. The van der Waals surface area contributed by atoms with E-state index in [9.17, 15) is 4.79 Å². The number of benzene rings is 2. The van der Waals surface area contributed by atoms with Gasteiger partial charge in [-0.2, -0.15) is 0 Å². The van der Waals surface area contributed by atoms with E-state index in [1.807, 2.05) is 62.6 Å². The Balaban J connectivity index is 1.71. The molecular weight excluding hydrogens is 386 g/mol. The third-order valence-electron chi connectivity index (χ3n) is 4.43. The van der Waals surface area contributed by atoms with Crippen molar-refractivity contribution in [3.05, 3.63) is 48.5 Å². The maximum Gasteiger partial charge on any atom is 0.232 e. The predicted octanol–water partition coefficient (Wildman–Crippen LogP) is 4.06. The molecule has 0 spiro atoms. The van der Waals surface area contributed by atoms with Crippen molar-refractivity contribution in [2.24, 2.45) is 0 Å². The van der Waals surface area contributed by atoms with Crippen LogP contribution in [-0.4, -0.2) is 56.7 Å². The van der Waals surface area contributed by atoms with Gasteiger partial charge in [0.2, 0.25) is 5.91 Å². The zero-order valence-electron chi connectivity index (χ0n) is 17.1. The van der Waals surface area contributed by atoms with E-state index in [1.165, 1.54) is 11.3 Å². The molecule has 1 heterocycles. The number of carbonyl (C=O) groups excluding carboxylic acids is 1. The van der Waals surface area contributed by atoms with Gasteiger partial charge >= 0.3 is 0 Å². The number of nitrogens with zero attached hydrogens (tertiary/aromatic N) is 3. The Hall–Kier alpha value is -2.64. The SMILES string of the molecule is COc1ccc2sc(N(CCCN(C)C)C(=O)CCOc3ccccc3)nc2c1. The number of carbonyl (C=O) groups is 1. The summed E-state index contributed by atoms with van der Waals surface area (Å²) in [5.41, 5.74) is 0.843. The minimum absolute atomic E-state index is 0.0192. The molecule has 7 heteroatoms. The first-order chi connectivity index (χ1) is 14.1. The number of anilines is 1. The molecule has 2 aromatic carbocycles. The number of ether oxygens (including phenoxy) is 2. The van der Waals surface area contributed by atoms with Gasteiger partial charge < -0.3 is 14.4 Å². The number of rotatable bonds is 10. The molecule has 0 aliphatic carbocycles. The zero-order chi connectivity index (χ0) is 20.6. The standard InChI is InChI=1S/C22H27N3O3S/c1-24(2)13-7-14-25(21(26)12-15-28-17-8-5-4-6-9-17)22-23-19-16-18(27-3)10-11-20(19)29-22/h4-6,8-11,16H,7,12-15H2,1-3H3. The van der Waals surface area contributed by atoms with Gasteiger partial charge in [-0.05, 0) is 51.3 Å². The van der Waals surface area contributed by atoms with Crippen LogP contribution in [0.15, 0.2) is 48.5 Å². The third kappa shape index (κ3) is 5.92. The molecule has 3 rings (SSSR count). The second-order valence-electron chi connectivity index (χ2n) is 6.94. The van der Waals surface area contributed by atoms with Crippen LogP contribution < -0.4 is 14.4 Å². The number of para-hydroxylation sites is 1.